The van der Waals surface area contributed by atoms with Crippen LogP contribution in [-0.2, 0) is 14.3 Å². The molecule has 0 aromatic carbocycles. The monoisotopic (exact) mass is 313 g/mol. The van der Waals surface area contributed by atoms with E-state index in [1.54, 1.807) is 0 Å². The van der Waals surface area contributed by atoms with E-state index in [1.807, 2.05) is 0 Å². The number of halogens is 4. The fourth-order valence-electron chi connectivity index (χ4n) is 2.17. The second-order valence-corrected chi connectivity index (χ2v) is 4.69. The Morgan fingerprint density at radius 3 is 2.57 bits per heavy atom. The molecule has 2 heterocycles. The zero-order valence-electron chi connectivity index (χ0n) is 10.4. The second kappa shape index (κ2) is 5.35. The molecule has 2 rings (SSSR count). The topological polar surface area (TPSA) is 87.1 Å². The number of carbonyl (C=O) groups is 2. The molecule has 21 heavy (non-hydrogen) atoms. The fourth-order valence-corrected chi connectivity index (χ4v) is 2.17. The molecule has 0 saturated carbocycles. The van der Waals surface area contributed by atoms with Gasteiger partial charge in [-0.05, 0) is 0 Å². The smallest absolute Gasteiger partial charge is 0.272 e. The van der Waals surface area contributed by atoms with Gasteiger partial charge >= 0.3 is 0 Å². The van der Waals surface area contributed by atoms with Crippen LogP contribution in [0.25, 0.3) is 0 Å². The number of hydrogen-bond donors (Lipinski definition) is 2. The summed E-state index contributed by atoms with van der Waals surface area (Å²) in [5, 5.41) is 18.5. The van der Waals surface area contributed by atoms with Crippen molar-refractivity contribution >= 4 is 11.7 Å². The Morgan fingerprint density at radius 1 is 1.48 bits per heavy atom. The number of amides is 1. The van der Waals surface area contributed by atoms with Gasteiger partial charge in [-0.25, -0.2) is 17.6 Å². The maximum absolute atomic E-state index is 14.0. The summed E-state index contributed by atoms with van der Waals surface area (Å²) in [5.41, 5.74) is -2.92. The number of ether oxygens (including phenoxy) is 1. The summed E-state index contributed by atoms with van der Waals surface area (Å²) in [4.78, 5) is 22.8. The molecule has 0 unspecified atom stereocenters. The lowest BCUT2D eigenvalue weighted by Gasteiger charge is -2.31. The molecule has 10 heteroatoms. The average Bonchev–Trinajstić information content (AvgIpc) is 2.68. The van der Waals surface area contributed by atoms with Gasteiger partial charge in [0.15, 0.2) is 23.8 Å². The first kappa shape index (κ1) is 15.9. The van der Waals surface area contributed by atoms with Crippen LogP contribution < -0.4 is 0 Å². The first-order valence-corrected chi connectivity index (χ1v) is 5.85. The average molecular weight is 313 g/mol. The number of carbonyl (C=O) groups excluding carboxylic acids is 2. The number of allylic oxidation sites excluding steroid dienone is 1. The number of rotatable bonds is 3. The lowest BCUT2D eigenvalue weighted by atomic mass is 9.97. The van der Waals surface area contributed by atoms with Crippen LogP contribution in [0.5, 0.6) is 0 Å². The van der Waals surface area contributed by atoms with Crippen LogP contribution >= 0.6 is 0 Å². The van der Waals surface area contributed by atoms with E-state index in [1.165, 1.54) is 0 Å². The Kier molecular flexibility index (Phi) is 4.04. The molecule has 0 radical (unpaired) electrons. The third-order valence-electron chi connectivity index (χ3n) is 3.42. The molecule has 0 aliphatic carbocycles. The fraction of sp³-hybridized carbons (Fsp3) is 0.636. The van der Waals surface area contributed by atoms with E-state index in [9.17, 15) is 32.3 Å². The quantitative estimate of drug-likeness (QED) is 0.549. The highest BCUT2D eigenvalue weighted by atomic mass is 19.3. The van der Waals surface area contributed by atoms with Crippen molar-refractivity contribution in [3.05, 3.63) is 12.0 Å². The van der Waals surface area contributed by atoms with Gasteiger partial charge in [-0.1, -0.05) is 0 Å². The largest absolute Gasteiger partial charge is 0.393 e. The predicted molar refractivity (Wildman–Crippen MR) is 57.3 cm³/mol. The third-order valence-corrected chi connectivity index (χ3v) is 3.42. The summed E-state index contributed by atoms with van der Waals surface area (Å²) in [5.74, 6) is -3.56. The Labute approximate surface area is 115 Å². The lowest BCUT2D eigenvalue weighted by molar-refractivity contribution is -0.202. The molecule has 1 amide bonds. The van der Waals surface area contributed by atoms with Gasteiger partial charge in [-0.2, -0.15) is 0 Å². The first-order valence-electron chi connectivity index (χ1n) is 5.85. The van der Waals surface area contributed by atoms with Gasteiger partial charge in [-0.15, -0.1) is 0 Å². The zero-order valence-corrected chi connectivity index (χ0v) is 10.4. The van der Waals surface area contributed by atoms with Crippen molar-refractivity contribution in [2.45, 2.75) is 37.0 Å². The van der Waals surface area contributed by atoms with Crippen molar-refractivity contribution in [1.82, 2.24) is 4.90 Å². The number of Topliss-reactive ketones (excluding diaryl/α,β-unsaturated/α-hetero) is 1. The van der Waals surface area contributed by atoms with Gasteiger partial charge in [0.2, 0.25) is 11.7 Å². The van der Waals surface area contributed by atoms with Crippen LogP contribution in [0, 0.1) is 0 Å². The molecule has 0 aromatic rings. The van der Waals surface area contributed by atoms with Gasteiger partial charge in [0.25, 0.3) is 6.43 Å². The Hall–Kier alpha value is -1.52. The van der Waals surface area contributed by atoms with Gasteiger partial charge in [0.05, 0.1) is 13.0 Å². The van der Waals surface area contributed by atoms with Gasteiger partial charge in [0, 0.05) is 6.20 Å². The maximum atomic E-state index is 14.0. The normalized spacial score (nSPS) is 37.4. The molecule has 118 valence electrons. The molecular weight excluding hydrogens is 302 g/mol. The summed E-state index contributed by atoms with van der Waals surface area (Å²) < 4.78 is 57.7. The minimum Gasteiger partial charge on any atom is -0.393 e. The van der Waals surface area contributed by atoms with Gasteiger partial charge in [0.1, 0.15) is 6.10 Å². The van der Waals surface area contributed by atoms with Crippen molar-refractivity contribution in [2.24, 2.45) is 0 Å². The number of nitrogens with zero attached hydrogens (tertiary/aromatic N) is 1. The Balaban J connectivity index is 2.34. The van der Waals surface area contributed by atoms with Crippen molar-refractivity contribution in [1.29, 1.82) is 0 Å². The van der Waals surface area contributed by atoms with Gasteiger partial charge in [-0.3, -0.25) is 14.5 Å². The zero-order chi connectivity index (χ0) is 15.9. The summed E-state index contributed by atoms with van der Waals surface area (Å²) in [6, 6.07) is 0. The van der Waals surface area contributed by atoms with E-state index < -0.39 is 61.1 Å². The molecule has 0 aromatic heterocycles. The molecule has 2 aliphatic heterocycles. The first-order chi connectivity index (χ1) is 9.74. The minimum atomic E-state index is -3.45. The van der Waals surface area contributed by atoms with E-state index in [0.717, 1.165) is 0 Å². The Bertz CT molecular complexity index is 499. The van der Waals surface area contributed by atoms with Crippen molar-refractivity contribution in [3.63, 3.8) is 0 Å². The minimum absolute atomic E-state index is 0.296. The van der Waals surface area contributed by atoms with Crippen molar-refractivity contribution < 1.29 is 42.1 Å². The summed E-state index contributed by atoms with van der Waals surface area (Å²) in [6.45, 7) is -1.41. The standard InChI is InChI=1S/C11H11F4NO5/c12-4-2-16(6(19)1-5(4)18)9-7(13)8(20)11(3-17,21-9)10(14)15/h2,7-10,17,20H,1,3H2/t7-,8+,9-,11-/m1/s1. The van der Waals surface area contributed by atoms with Crippen LogP contribution in [0.15, 0.2) is 12.0 Å². The SMILES string of the molecule is O=C1CC(=O)N([C@@H]2O[C@@](CO)(C(F)F)[C@@H](O)[C@H]2F)C=C1F. The molecule has 6 nitrogen and oxygen atoms in total. The molecule has 1 fully saturated rings. The highest BCUT2D eigenvalue weighted by molar-refractivity contribution is 6.08. The van der Waals surface area contributed by atoms with E-state index in [2.05, 4.69) is 4.74 Å². The maximum Gasteiger partial charge on any atom is 0.272 e. The van der Waals surface area contributed by atoms with Crippen LogP contribution in [0.2, 0.25) is 0 Å². The highest BCUT2D eigenvalue weighted by Gasteiger charge is 2.62. The number of hydrogen-bond acceptors (Lipinski definition) is 5. The van der Waals surface area contributed by atoms with E-state index in [4.69, 9.17) is 5.11 Å². The molecule has 1 saturated heterocycles. The van der Waals surface area contributed by atoms with Gasteiger partial charge < -0.3 is 14.9 Å². The number of aliphatic hydroxyl groups is 2. The van der Waals surface area contributed by atoms with E-state index >= 15 is 0 Å². The third kappa shape index (κ3) is 2.32. The van der Waals surface area contributed by atoms with E-state index in [0.29, 0.717) is 11.1 Å². The molecule has 0 spiro atoms. The molecule has 2 aliphatic rings. The number of aliphatic hydroxyl groups excluding tert-OH is 2. The molecular formula is C11H11F4NO5. The van der Waals surface area contributed by atoms with Crippen LogP contribution in [-0.4, -0.2) is 63.9 Å². The summed E-state index contributed by atoms with van der Waals surface area (Å²) >= 11 is 0. The molecule has 0 bridgehead atoms. The van der Waals surface area contributed by atoms with Crippen LogP contribution in [0.4, 0.5) is 17.6 Å². The van der Waals surface area contributed by atoms with Crippen molar-refractivity contribution in [2.75, 3.05) is 6.61 Å². The summed E-state index contributed by atoms with van der Waals surface area (Å²) in [7, 11) is 0. The molecule has 2 N–H and O–H groups in total. The van der Waals surface area contributed by atoms with Crippen LogP contribution in [0.1, 0.15) is 6.42 Å². The number of alkyl halides is 3. The van der Waals surface area contributed by atoms with Crippen molar-refractivity contribution in [3.8, 4) is 0 Å². The predicted octanol–water partition coefficient (Wildman–Crippen LogP) is -0.350. The lowest BCUT2D eigenvalue weighted by Crippen LogP contribution is -2.51. The second-order valence-electron chi connectivity index (χ2n) is 4.69. The van der Waals surface area contributed by atoms with Crippen LogP contribution in [0.3, 0.4) is 0 Å². The Morgan fingerprint density at radius 2 is 2.10 bits per heavy atom. The molecule has 4 atom stereocenters. The summed E-state index contributed by atoms with van der Waals surface area (Å²) in [6.07, 6.45) is -11.0. The van der Waals surface area contributed by atoms with E-state index in [-0.39, 0.29) is 0 Å². The highest BCUT2D eigenvalue weighted by Crippen LogP contribution is 2.39. The number of ketones is 1.